The van der Waals surface area contributed by atoms with E-state index >= 15 is 0 Å². The molecule has 7 N–H and O–H groups in total. The van der Waals surface area contributed by atoms with E-state index in [2.05, 4.69) is 22.5 Å². The molecular weight excluding hydrogens is 949 g/mol. The summed E-state index contributed by atoms with van der Waals surface area (Å²) in [5.41, 5.74) is 4.68. The van der Waals surface area contributed by atoms with Crippen LogP contribution in [0.15, 0.2) is 78.9 Å². The van der Waals surface area contributed by atoms with Crippen LogP contribution in [0.2, 0.25) is 0 Å². The molecule has 0 unspecified atom stereocenters. The summed E-state index contributed by atoms with van der Waals surface area (Å²) in [5, 5.41) is 66.3. The number of ether oxygens (including phenoxy) is 6. The van der Waals surface area contributed by atoms with Crippen LogP contribution in [0.3, 0.4) is 0 Å². The molecule has 3 saturated carbocycles. The molecule has 13 heteroatoms. The number of hydrogen-bond donors (Lipinski definition) is 7. The predicted octanol–water partition coefficient (Wildman–Crippen LogP) is 9.90. The van der Waals surface area contributed by atoms with Crippen molar-refractivity contribution in [3.8, 4) is 63.2 Å². The Morgan fingerprint density at radius 3 is 2.44 bits per heavy atom. The molecule has 5 aromatic carbocycles. The smallest absolute Gasteiger partial charge is 0.149 e. The Labute approximate surface area is 439 Å². The van der Waals surface area contributed by atoms with Crippen LogP contribution in [0.5, 0.6) is 40.2 Å². The summed E-state index contributed by atoms with van der Waals surface area (Å²) in [6.45, 7) is 1.32. The minimum absolute atomic E-state index is 0.0378. The van der Waals surface area contributed by atoms with Crippen molar-refractivity contribution in [2.24, 2.45) is 23.2 Å². The van der Waals surface area contributed by atoms with Gasteiger partial charge in [0.1, 0.15) is 53.0 Å². The maximum Gasteiger partial charge on any atom is 0.149 e. The molecule has 0 radical (unpaired) electrons. The molecule has 0 amide bonds. The van der Waals surface area contributed by atoms with Gasteiger partial charge in [0.25, 0.3) is 0 Å². The number of aromatic hydroxyl groups is 3. The van der Waals surface area contributed by atoms with Crippen molar-refractivity contribution in [2.45, 2.75) is 139 Å². The van der Waals surface area contributed by atoms with Gasteiger partial charge in [-0.2, -0.15) is 0 Å². The molecule has 7 aliphatic rings. The molecule has 9 atom stereocenters. The van der Waals surface area contributed by atoms with Crippen LogP contribution in [-0.2, 0) is 15.9 Å². The van der Waals surface area contributed by atoms with Gasteiger partial charge in [0.15, 0.2) is 0 Å². The van der Waals surface area contributed by atoms with Gasteiger partial charge in [0, 0.05) is 78.6 Å². The van der Waals surface area contributed by atoms with Crippen LogP contribution < -0.4 is 29.6 Å². The van der Waals surface area contributed by atoms with Crippen LogP contribution in [-0.4, -0.2) is 95.6 Å². The topological polar surface area (TPSA) is 181 Å². The Kier molecular flexibility index (Phi) is 14.0. The Hall–Kier alpha value is -5.72. The van der Waals surface area contributed by atoms with Crippen molar-refractivity contribution in [3.05, 3.63) is 101 Å². The number of nitrogens with one attached hydrogen (secondary N) is 2. The zero-order chi connectivity index (χ0) is 51.3. The maximum atomic E-state index is 13.4. The first-order valence-electron chi connectivity index (χ1n) is 27.7. The van der Waals surface area contributed by atoms with Crippen LogP contribution in [0.4, 0.5) is 0 Å². The highest BCUT2D eigenvalue weighted by Crippen LogP contribution is 2.57. The molecule has 4 heterocycles. The summed E-state index contributed by atoms with van der Waals surface area (Å²) < 4.78 is 41.2. The van der Waals surface area contributed by atoms with Crippen molar-refractivity contribution in [2.75, 3.05) is 40.1 Å². The van der Waals surface area contributed by atoms with E-state index in [4.69, 9.17) is 28.4 Å². The van der Waals surface area contributed by atoms with Gasteiger partial charge in [-0.15, -0.1) is 0 Å². The van der Waals surface area contributed by atoms with Crippen LogP contribution in [0.25, 0.3) is 21.9 Å². The van der Waals surface area contributed by atoms with Crippen molar-refractivity contribution in [3.63, 3.8) is 0 Å². The zero-order valence-corrected chi connectivity index (χ0v) is 43.0. The second kappa shape index (κ2) is 21.0. The highest BCUT2D eigenvalue weighted by Gasteiger charge is 2.55. The Morgan fingerprint density at radius 2 is 1.61 bits per heavy atom. The van der Waals surface area contributed by atoms with E-state index in [9.17, 15) is 25.5 Å². The molecule has 12 rings (SSSR count). The van der Waals surface area contributed by atoms with Crippen LogP contribution >= 0.6 is 0 Å². The molecule has 2 bridgehead atoms. The third-order valence-electron chi connectivity index (χ3n) is 18.0. The maximum absolute atomic E-state index is 13.4. The van der Waals surface area contributed by atoms with Gasteiger partial charge in [0.05, 0.1) is 42.6 Å². The molecule has 1 saturated heterocycles. The minimum atomic E-state index is -1.07. The fourth-order valence-corrected chi connectivity index (χ4v) is 14.5. The number of benzene rings is 5. The fraction of sp³-hybridized carbons (Fsp3) is 0.516. The molecule has 4 fully saturated rings. The molecule has 75 heavy (non-hydrogen) atoms. The number of fused-ring (bicyclic) bond motifs is 6. The molecule has 0 aromatic heterocycles. The molecule has 13 nitrogen and oxygen atoms in total. The molecule has 2 spiro atoms. The number of aliphatic hydroxyl groups is 2. The lowest BCUT2D eigenvalue weighted by atomic mass is 9.72. The van der Waals surface area contributed by atoms with E-state index in [-0.39, 0.29) is 60.8 Å². The molecule has 4 aliphatic heterocycles. The van der Waals surface area contributed by atoms with Gasteiger partial charge in [-0.25, -0.2) is 0 Å². The highest BCUT2D eigenvalue weighted by molar-refractivity contribution is 5.96. The number of rotatable bonds is 12. The zero-order valence-electron chi connectivity index (χ0n) is 43.0. The normalized spacial score (nSPS) is 28.8. The first-order chi connectivity index (χ1) is 36.6. The lowest BCUT2D eigenvalue weighted by molar-refractivity contribution is -0.148. The predicted molar refractivity (Wildman–Crippen MR) is 284 cm³/mol. The van der Waals surface area contributed by atoms with Crippen molar-refractivity contribution in [1.29, 1.82) is 0 Å². The molecule has 5 aromatic rings. The average molecular weight is 1020 g/mol. The first-order valence-corrected chi connectivity index (χ1v) is 27.7. The van der Waals surface area contributed by atoms with Gasteiger partial charge in [-0.05, 0) is 160 Å². The van der Waals surface area contributed by atoms with E-state index in [1.807, 2.05) is 36.4 Å². The molecular formula is C62H72N2O11. The second-order valence-electron chi connectivity index (χ2n) is 22.7. The minimum Gasteiger partial charge on any atom is -0.508 e. The quantitative estimate of drug-likeness (QED) is 0.0464. The van der Waals surface area contributed by atoms with Gasteiger partial charge in [0.2, 0.25) is 0 Å². The summed E-state index contributed by atoms with van der Waals surface area (Å²) >= 11 is 0. The van der Waals surface area contributed by atoms with E-state index in [0.717, 1.165) is 71.7 Å². The van der Waals surface area contributed by atoms with E-state index in [0.29, 0.717) is 78.2 Å². The largest absolute Gasteiger partial charge is 0.508 e. The Balaban J connectivity index is 0.979. The van der Waals surface area contributed by atoms with E-state index < -0.39 is 36.3 Å². The van der Waals surface area contributed by atoms with Crippen molar-refractivity contribution >= 4 is 10.8 Å². The van der Waals surface area contributed by atoms with Gasteiger partial charge in [-0.3, -0.25) is 10.6 Å². The summed E-state index contributed by atoms with van der Waals surface area (Å²) in [6.07, 6.45) is 11.6. The highest BCUT2D eigenvalue weighted by atomic mass is 16.5. The van der Waals surface area contributed by atoms with E-state index in [1.54, 1.807) is 49.6 Å². The number of hydrogen-bond acceptors (Lipinski definition) is 13. The third-order valence-corrected chi connectivity index (χ3v) is 18.0. The van der Waals surface area contributed by atoms with E-state index in [1.165, 1.54) is 32.1 Å². The van der Waals surface area contributed by atoms with Gasteiger partial charge < -0.3 is 54.0 Å². The Bertz CT molecular complexity index is 2960. The van der Waals surface area contributed by atoms with Crippen LogP contribution in [0, 0.1) is 35.0 Å². The number of phenols is 3. The van der Waals surface area contributed by atoms with Crippen molar-refractivity contribution in [1.82, 2.24) is 10.6 Å². The SMILES string of the molecule is COCCC[C@@H]1Oc2c3cc(c4cc(O)ccc24)OCC#C[C@H]2CN[C@@]4(CCC5(CCCC5)C4)N[C@H]2[C@@H](CCO)O[C@@H]3[C@@H]1[C@H]1COc2c(Cc3cc(O)ccc3-c3cccc(O)c3)cc(OC3CCCC3)cc2[C@H]1O. The lowest BCUT2D eigenvalue weighted by Gasteiger charge is -2.50. The molecule has 3 aliphatic carbocycles. The number of methoxy groups -OCH3 is 1. The monoisotopic (exact) mass is 1020 g/mol. The third kappa shape index (κ3) is 9.88. The summed E-state index contributed by atoms with van der Waals surface area (Å²) in [5.74, 6) is 8.43. The van der Waals surface area contributed by atoms with Crippen LogP contribution in [0.1, 0.15) is 124 Å². The number of aliphatic hydroxyl groups excluding tert-OH is 2. The Morgan fingerprint density at radius 1 is 0.787 bits per heavy atom. The molecule has 396 valence electrons. The fourth-order valence-electron chi connectivity index (χ4n) is 14.5. The summed E-state index contributed by atoms with van der Waals surface area (Å²) in [7, 11) is 1.70. The number of phenolic OH excluding ortho intramolecular Hbond substituents is 3. The van der Waals surface area contributed by atoms with Gasteiger partial charge in [-0.1, -0.05) is 42.9 Å². The standard InChI is InChI=1S/C62H72N2O11/c1-70-25-8-14-52-55(51-35-72-58-40(30-45(32-49(58)57(51)69)73-44-12-2-3-13-44)27-39-29-42(67)15-17-46(39)37-9-6-11-41(66)28-37)60-50-33-54(48-31-43(68)16-18-47(48)59(50)74-52)71-26-7-10-38-34-63-62(64-56(38)53(75-60)19-24-65)23-22-61(36-62)20-4-5-21-61/h6,9,11,15-18,28-33,38,44,51-53,55-57,60,63-69H,2-5,8,12-14,19-27,34-36H2,1H3/t38-,51+,52-,53+,55+,56+,57+,60-,62-/m0/s1. The van der Waals surface area contributed by atoms with Crippen molar-refractivity contribution < 1.29 is 54.0 Å². The first kappa shape index (κ1) is 50.1. The summed E-state index contributed by atoms with van der Waals surface area (Å²) in [6, 6.07) is 23.3. The summed E-state index contributed by atoms with van der Waals surface area (Å²) in [4.78, 5) is 0. The second-order valence-corrected chi connectivity index (χ2v) is 22.7. The van der Waals surface area contributed by atoms with Gasteiger partial charge >= 0.3 is 0 Å². The lowest BCUT2D eigenvalue weighted by Crippen LogP contribution is -2.69. The average Bonchev–Trinajstić information content (AvgIpc) is 4.19.